The van der Waals surface area contributed by atoms with E-state index in [1.54, 1.807) is 36.2 Å². The lowest BCUT2D eigenvalue weighted by atomic mass is 10.3. The van der Waals surface area contributed by atoms with E-state index in [0.29, 0.717) is 11.5 Å². The minimum absolute atomic E-state index is 0.0891. The van der Waals surface area contributed by atoms with Gasteiger partial charge in [-0.1, -0.05) is 0 Å². The quantitative estimate of drug-likeness (QED) is 0.729. The van der Waals surface area contributed by atoms with Gasteiger partial charge in [0.25, 0.3) is 0 Å². The molecular formula is C16H16N4O2S. The predicted molar refractivity (Wildman–Crippen MR) is 89.9 cm³/mol. The minimum atomic E-state index is -0.248. The SMILES string of the molecule is COc1ccc(SC(C)C(=O)Nc2ccnc3ccnn23)cc1. The number of ether oxygens (including phenoxy) is 1. The van der Waals surface area contributed by atoms with Crippen molar-refractivity contribution in [2.75, 3.05) is 12.4 Å². The van der Waals surface area contributed by atoms with E-state index in [0.717, 1.165) is 10.6 Å². The average Bonchev–Trinajstić information content (AvgIpc) is 3.05. The van der Waals surface area contributed by atoms with Crippen molar-refractivity contribution >= 4 is 29.1 Å². The number of benzene rings is 1. The lowest BCUT2D eigenvalue weighted by Gasteiger charge is -2.13. The van der Waals surface area contributed by atoms with Crippen molar-refractivity contribution in [2.45, 2.75) is 17.1 Å². The number of nitrogens with one attached hydrogen (secondary N) is 1. The number of rotatable bonds is 5. The molecule has 0 fully saturated rings. The summed E-state index contributed by atoms with van der Waals surface area (Å²) < 4.78 is 6.73. The molecule has 1 N–H and O–H groups in total. The molecule has 0 saturated heterocycles. The van der Waals surface area contributed by atoms with Crippen LogP contribution in [0.1, 0.15) is 6.92 Å². The van der Waals surface area contributed by atoms with Gasteiger partial charge >= 0.3 is 0 Å². The van der Waals surface area contributed by atoms with Crippen molar-refractivity contribution in [3.63, 3.8) is 0 Å². The normalized spacial score (nSPS) is 12.1. The Hall–Kier alpha value is -2.54. The monoisotopic (exact) mass is 328 g/mol. The van der Waals surface area contributed by atoms with Crippen molar-refractivity contribution in [3.8, 4) is 5.75 Å². The highest BCUT2D eigenvalue weighted by molar-refractivity contribution is 8.00. The Balaban J connectivity index is 1.68. The molecular weight excluding hydrogens is 312 g/mol. The van der Waals surface area contributed by atoms with Crippen LogP contribution in [-0.4, -0.2) is 32.9 Å². The number of methoxy groups -OCH3 is 1. The molecule has 0 saturated carbocycles. The van der Waals surface area contributed by atoms with Gasteiger partial charge in [0.05, 0.1) is 18.6 Å². The Morgan fingerprint density at radius 3 is 2.74 bits per heavy atom. The fourth-order valence-corrected chi connectivity index (χ4v) is 2.94. The zero-order valence-electron chi connectivity index (χ0n) is 12.8. The molecule has 2 aromatic heterocycles. The zero-order valence-corrected chi connectivity index (χ0v) is 13.6. The van der Waals surface area contributed by atoms with Crippen LogP contribution in [0.15, 0.2) is 53.7 Å². The molecule has 1 unspecified atom stereocenters. The summed E-state index contributed by atoms with van der Waals surface area (Å²) in [5.74, 6) is 1.31. The summed E-state index contributed by atoms with van der Waals surface area (Å²) in [6.07, 6.45) is 3.29. The summed E-state index contributed by atoms with van der Waals surface area (Å²) in [4.78, 5) is 17.6. The van der Waals surface area contributed by atoms with Gasteiger partial charge in [-0.25, -0.2) is 4.98 Å². The fraction of sp³-hybridized carbons (Fsp3) is 0.188. The number of thioether (sulfide) groups is 1. The smallest absolute Gasteiger partial charge is 0.238 e. The van der Waals surface area contributed by atoms with Gasteiger partial charge in [-0.15, -0.1) is 11.8 Å². The fourth-order valence-electron chi connectivity index (χ4n) is 2.07. The van der Waals surface area contributed by atoms with Gasteiger partial charge in [0, 0.05) is 17.2 Å². The van der Waals surface area contributed by atoms with E-state index in [1.807, 2.05) is 31.2 Å². The summed E-state index contributed by atoms with van der Waals surface area (Å²) in [6, 6.07) is 11.1. The van der Waals surface area contributed by atoms with Crippen LogP contribution >= 0.6 is 11.8 Å². The lowest BCUT2D eigenvalue weighted by Crippen LogP contribution is -2.23. The maximum absolute atomic E-state index is 12.4. The zero-order chi connectivity index (χ0) is 16.2. The summed E-state index contributed by atoms with van der Waals surface area (Å²) in [6.45, 7) is 1.87. The molecule has 118 valence electrons. The summed E-state index contributed by atoms with van der Waals surface area (Å²) >= 11 is 1.48. The molecule has 0 aliphatic heterocycles. The predicted octanol–water partition coefficient (Wildman–Crippen LogP) is 2.86. The standard InChI is InChI=1S/C16H16N4O2S/c1-11(23-13-5-3-12(22-2)4-6-13)16(21)19-15-7-9-17-14-8-10-18-20(14)15/h3-11H,1-2H3,(H,19,21). The van der Waals surface area contributed by atoms with Gasteiger partial charge in [-0.2, -0.15) is 9.61 Å². The number of amides is 1. The van der Waals surface area contributed by atoms with Crippen LogP contribution in [-0.2, 0) is 4.79 Å². The maximum Gasteiger partial charge on any atom is 0.238 e. The number of hydrogen-bond acceptors (Lipinski definition) is 5. The van der Waals surface area contributed by atoms with E-state index >= 15 is 0 Å². The Bertz CT molecular complexity index is 816. The molecule has 3 aromatic rings. The van der Waals surface area contributed by atoms with Crippen LogP contribution < -0.4 is 10.1 Å². The largest absolute Gasteiger partial charge is 0.497 e. The van der Waals surface area contributed by atoms with Gasteiger partial charge in [-0.3, -0.25) is 4.79 Å². The maximum atomic E-state index is 12.4. The molecule has 6 nitrogen and oxygen atoms in total. The van der Waals surface area contributed by atoms with Gasteiger partial charge in [-0.05, 0) is 37.3 Å². The van der Waals surface area contributed by atoms with E-state index in [4.69, 9.17) is 4.74 Å². The lowest BCUT2D eigenvalue weighted by molar-refractivity contribution is -0.115. The first-order valence-corrected chi connectivity index (χ1v) is 7.95. The molecule has 3 rings (SSSR count). The highest BCUT2D eigenvalue weighted by Crippen LogP contribution is 2.26. The second-order valence-electron chi connectivity index (χ2n) is 4.86. The van der Waals surface area contributed by atoms with Gasteiger partial charge < -0.3 is 10.1 Å². The summed E-state index contributed by atoms with van der Waals surface area (Å²) in [5, 5.41) is 6.79. The van der Waals surface area contributed by atoms with E-state index in [1.165, 1.54) is 11.8 Å². The third-order valence-electron chi connectivity index (χ3n) is 3.28. The topological polar surface area (TPSA) is 68.5 Å². The van der Waals surface area contributed by atoms with E-state index < -0.39 is 0 Å². The second-order valence-corrected chi connectivity index (χ2v) is 6.27. The van der Waals surface area contributed by atoms with Crippen molar-refractivity contribution in [3.05, 3.63) is 48.8 Å². The molecule has 7 heteroatoms. The van der Waals surface area contributed by atoms with Crippen molar-refractivity contribution in [1.82, 2.24) is 14.6 Å². The number of carbonyl (C=O) groups excluding carboxylic acids is 1. The van der Waals surface area contributed by atoms with Crippen LogP contribution in [0, 0.1) is 0 Å². The third kappa shape index (κ3) is 3.45. The number of hydrogen-bond donors (Lipinski definition) is 1. The molecule has 0 aliphatic rings. The van der Waals surface area contributed by atoms with Crippen molar-refractivity contribution < 1.29 is 9.53 Å². The Morgan fingerprint density at radius 1 is 1.22 bits per heavy atom. The number of carbonyl (C=O) groups is 1. The van der Waals surface area contributed by atoms with Crippen LogP contribution in [0.3, 0.4) is 0 Å². The molecule has 0 spiro atoms. The first kappa shape index (κ1) is 15.4. The highest BCUT2D eigenvalue weighted by atomic mass is 32.2. The van der Waals surface area contributed by atoms with E-state index in [-0.39, 0.29) is 11.2 Å². The van der Waals surface area contributed by atoms with Crippen LogP contribution in [0.25, 0.3) is 5.65 Å². The third-order valence-corrected chi connectivity index (χ3v) is 4.39. The van der Waals surface area contributed by atoms with Gasteiger partial charge in [0.1, 0.15) is 11.6 Å². The number of fused-ring (bicyclic) bond motifs is 1. The molecule has 23 heavy (non-hydrogen) atoms. The van der Waals surface area contributed by atoms with Crippen LogP contribution in [0.2, 0.25) is 0 Å². The summed E-state index contributed by atoms with van der Waals surface area (Å²) in [7, 11) is 1.63. The van der Waals surface area contributed by atoms with E-state index in [9.17, 15) is 4.79 Å². The Kier molecular flexibility index (Phi) is 4.47. The van der Waals surface area contributed by atoms with Crippen LogP contribution in [0.4, 0.5) is 5.82 Å². The van der Waals surface area contributed by atoms with Crippen molar-refractivity contribution in [2.24, 2.45) is 0 Å². The minimum Gasteiger partial charge on any atom is -0.497 e. The molecule has 0 bridgehead atoms. The molecule has 2 heterocycles. The summed E-state index contributed by atoms with van der Waals surface area (Å²) in [5.41, 5.74) is 0.693. The van der Waals surface area contributed by atoms with Gasteiger partial charge in [0.2, 0.25) is 5.91 Å². The first-order chi connectivity index (χ1) is 11.2. The molecule has 0 aliphatic carbocycles. The van der Waals surface area contributed by atoms with Gasteiger partial charge in [0.15, 0.2) is 5.65 Å². The van der Waals surface area contributed by atoms with Crippen LogP contribution in [0.5, 0.6) is 5.75 Å². The first-order valence-electron chi connectivity index (χ1n) is 7.07. The number of nitrogens with zero attached hydrogens (tertiary/aromatic N) is 3. The molecule has 0 radical (unpaired) electrons. The Morgan fingerprint density at radius 2 is 2.00 bits per heavy atom. The average molecular weight is 328 g/mol. The Labute approximate surface area is 137 Å². The second kappa shape index (κ2) is 6.70. The number of anilines is 1. The number of aromatic nitrogens is 3. The van der Waals surface area contributed by atoms with Crippen molar-refractivity contribution in [1.29, 1.82) is 0 Å². The van der Waals surface area contributed by atoms with E-state index in [2.05, 4.69) is 15.4 Å². The molecule has 1 atom stereocenters. The molecule has 1 amide bonds. The highest BCUT2D eigenvalue weighted by Gasteiger charge is 2.16. The molecule has 1 aromatic carbocycles.